The van der Waals surface area contributed by atoms with Crippen LogP contribution in [0.5, 0.6) is 0 Å². The Balaban J connectivity index is 2.03. The number of rotatable bonds is 4. The Hall–Kier alpha value is -2.55. The van der Waals surface area contributed by atoms with Gasteiger partial charge in [0.05, 0.1) is 5.56 Å². The summed E-state index contributed by atoms with van der Waals surface area (Å²) < 4.78 is 2.00. The molecule has 3 aromatic rings. The molecule has 0 radical (unpaired) electrons. The van der Waals surface area contributed by atoms with Crippen LogP contribution >= 0.6 is 0 Å². The van der Waals surface area contributed by atoms with E-state index in [0.29, 0.717) is 5.56 Å². The highest BCUT2D eigenvalue weighted by molar-refractivity contribution is 6.05. The number of hydrogen-bond donors (Lipinski definition) is 1. The van der Waals surface area contributed by atoms with Gasteiger partial charge in [-0.2, -0.15) is 0 Å². The first-order valence-corrected chi connectivity index (χ1v) is 7.02. The highest BCUT2D eigenvalue weighted by Gasteiger charge is 2.19. The number of hydrogen-bond acceptors (Lipinski definition) is 1. The lowest BCUT2D eigenvalue weighted by molar-refractivity contribution is 0.0697. The number of fused-ring (bicyclic) bond motifs is 1. The molecule has 0 saturated carbocycles. The summed E-state index contributed by atoms with van der Waals surface area (Å²) >= 11 is 0. The quantitative estimate of drug-likeness (QED) is 0.792. The summed E-state index contributed by atoms with van der Waals surface area (Å²) in [4.78, 5) is 11.6. The number of carboxylic acid groups (broad SMARTS) is 1. The number of nitrogens with zero attached hydrogens (tertiary/aromatic N) is 1. The van der Waals surface area contributed by atoms with E-state index in [2.05, 4.69) is 12.1 Å². The van der Waals surface area contributed by atoms with E-state index in [4.69, 9.17) is 0 Å². The lowest BCUT2D eigenvalue weighted by Crippen LogP contribution is -2.06. The lowest BCUT2D eigenvalue weighted by atomic mass is 10.0. The summed E-state index contributed by atoms with van der Waals surface area (Å²) in [6.07, 6.45) is 1.56. The second kappa shape index (κ2) is 5.44. The average molecular weight is 279 g/mol. The zero-order valence-corrected chi connectivity index (χ0v) is 11.9. The predicted octanol–water partition coefficient (Wildman–Crippen LogP) is 3.66. The van der Waals surface area contributed by atoms with Gasteiger partial charge in [-0.3, -0.25) is 0 Å². The molecule has 2 aromatic carbocycles. The largest absolute Gasteiger partial charge is 0.478 e. The molecule has 106 valence electrons. The molecule has 1 heterocycles. The van der Waals surface area contributed by atoms with Crippen LogP contribution in [0.4, 0.5) is 0 Å². The summed E-state index contributed by atoms with van der Waals surface area (Å²) in [7, 11) is 1.94. The van der Waals surface area contributed by atoms with Gasteiger partial charge in [0.25, 0.3) is 0 Å². The van der Waals surface area contributed by atoms with Crippen LogP contribution in [0.25, 0.3) is 10.9 Å². The smallest absolute Gasteiger partial charge is 0.338 e. The Kier molecular flexibility index (Phi) is 3.48. The van der Waals surface area contributed by atoms with Crippen LogP contribution in [0.15, 0.2) is 54.6 Å². The lowest BCUT2D eigenvalue weighted by Gasteiger charge is -2.06. The number of aromatic nitrogens is 1. The zero-order valence-electron chi connectivity index (χ0n) is 11.9. The maximum absolute atomic E-state index is 11.6. The normalized spacial score (nSPS) is 10.9. The fraction of sp³-hybridized carbons (Fsp3) is 0.167. The Morgan fingerprint density at radius 1 is 1.00 bits per heavy atom. The summed E-state index contributed by atoms with van der Waals surface area (Å²) in [5.74, 6) is -0.852. The monoisotopic (exact) mass is 279 g/mol. The topological polar surface area (TPSA) is 42.2 Å². The summed E-state index contributed by atoms with van der Waals surface area (Å²) in [6.45, 7) is 0. The Bertz CT molecular complexity index is 788. The van der Waals surface area contributed by atoms with Gasteiger partial charge >= 0.3 is 5.97 Å². The molecule has 3 heteroatoms. The van der Waals surface area contributed by atoms with Gasteiger partial charge in [-0.1, -0.05) is 48.5 Å². The molecule has 0 amide bonds. The number of carbonyl (C=O) groups is 1. The van der Waals surface area contributed by atoms with E-state index < -0.39 is 5.97 Å². The number of carboxylic acids is 1. The van der Waals surface area contributed by atoms with Crippen molar-refractivity contribution in [1.82, 2.24) is 4.57 Å². The van der Waals surface area contributed by atoms with Gasteiger partial charge in [0, 0.05) is 23.6 Å². The molecule has 0 saturated heterocycles. The van der Waals surface area contributed by atoms with Crippen molar-refractivity contribution in [3.63, 3.8) is 0 Å². The zero-order chi connectivity index (χ0) is 14.8. The first-order valence-electron chi connectivity index (χ1n) is 7.02. The average Bonchev–Trinajstić information content (AvgIpc) is 2.79. The fourth-order valence-corrected chi connectivity index (χ4v) is 2.88. The van der Waals surface area contributed by atoms with E-state index in [1.54, 1.807) is 0 Å². The molecule has 3 nitrogen and oxygen atoms in total. The van der Waals surface area contributed by atoms with Crippen molar-refractivity contribution in [2.45, 2.75) is 12.8 Å². The molecule has 1 N–H and O–H groups in total. The van der Waals surface area contributed by atoms with E-state index >= 15 is 0 Å². The minimum absolute atomic E-state index is 0.434. The second-order valence-electron chi connectivity index (χ2n) is 5.19. The standard InChI is InChI=1S/C18H17NO2/c1-19-15-10-6-5-9-14(15)17(18(20)21)16(19)12-11-13-7-3-2-4-8-13/h2-10H,11-12H2,1H3,(H,20,21). The van der Waals surface area contributed by atoms with Crippen LogP contribution in [0.1, 0.15) is 21.6 Å². The SMILES string of the molecule is Cn1c(CCc2ccccc2)c(C(=O)O)c2ccccc21. The van der Waals surface area contributed by atoms with Crippen molar-refractivity contribution in [1.29, 1.82) is 0 Å². The maximum Gasteiger partial charge on any atom is 0.338 e. The van der Waals surface area contributed by atoms with E-state index in [1.807, 2.05) is 54.1 Å². The molecule has 1 aromatic heterocycles. The van der Waals surface area contributed by atoms with Crippen LogP contribution in [0.3, 0.4) is 0 Å². The van der Waals surface area contributed by atoms with Crippen LogP contribution in [0, 0.1) is 0 Å². The summed E-state index contributed by atoms with van der Waals surface area (Å²) in [6, 6.07) is 17.8. The second-order valence-corrected chi connectivity index (χ2v) is 5.19. The van der Waals surface area contributed by atoms with Gasteiger partial charge in [0.1, 0.15) is 0 Å². The van der Waals surface area contributed by atoms with Gasteiger partial charge in [0.15, 0.2) is 0 Å². The minimum atomic E-state index is -0.852. The van der Waals surface area contributed by atoms with Crippen molar-refractivity contribution in [3.8, 4) is 0 Å². The van der Waals surface area contributed by atoms with Gasteiger partial charge in [-0.05, 0) is 24.5 Å². The number of para-hydroxylation sites is 1. The molecule has 0 unspecified atom stereocenters. The van der Waals surface area contributed by atoms with Gasteiger partial charge in [0.2, 0.25) is 0 Å². The molecule has 0 aliphatic heterocycles. The van der Waals surface area contributed by atoms with Crippen LogP contribution in [-0.4, -0.2) is 15.6 Å². The highest BCUT2D eigenvalue weighted by atomic mass is 16.4. The van der Waals surface area contributed by atoms with Crippen LogP contribution < -0.4 is 0 Å². The summed E-state index contributed by atoms with van der Waals surface area (Å²) in [5, 5.41) is 10.4. The molecule has 0 bridgehead atoms. The molecular weight excluding hydrogens is 262 g/mol. The molecular formula is C18H17NO2. The molecule has 0 aliphatic carbocycles. The molecule has 3 rings (SSSR count). The molecule has 0 aliphatic rings. The third kappa shape index (κ3) is 2.42. The number of aromatic carboxylic acids is 1. The molecule has 0 atom stereocenters. The molecule has 21 heavy (non-hydrogen) atoms. The minimum Gasteiger partial charge on any atom is -0.478 e. The predicted molar refractivity (Wildman–Crippen MR) is 83.7 cm³/mol. The summed E-state index contributed by atoms with van der Waals surface area (Å²) in [5.41, 5.74) is 3.51. The fourth-order valence-electron chi connectivity index (χ4n) is 2.88. The third-order valence-electron chi connectivity index (χ3n) is 3.94. The third-order valence-corrected chi connectivity index (χ3v) is 3.94. The van der Waals surface area contributed by atoms with Crippen molar-refractivity contribution < 1.29 is 9.90 Å². The Labute approximate surface area is 123 Å². The Morgan fingerprint density at radius 2 is 1.67 bits per heavy atom. The van der Waals surface area contributed by atoms with Crippen molar-refractivity contribution in [2.75, 3.05) is 0 Å². The molecule has 0 spiro atoms. The van der Waals surface area contributed by atoms with E-state index in [1.165, 1.54) is 5.56 Å². The van der Waals surface area contributed by atoms with E-state index in [9.17, 15) is 9.90 Å². The van der Waals surface area contributed by atoms with Crippen molar-refractivity contribution >= 4 is 16.9 Å². The number of benzene rings is 2. The Morgan fingerprint density at radius 3 is 2.38 bits per heavy atom. The van der Waals surface area contributed by atoms with Crippen LogP contribution in [-0.2, 0) is 19.9 Å². The number of aryl methyl sites for hydroxylation is 2. The highest BCUT2D eigenvalue weighted by Crippen LogP contribution is 2.26. The van der Waals surface area contributed by atoms with E-state index in [0.717, 1.165) is 29.4 Å². The first-order chi connectivity index (χ1) is 10.2. The van der Waals surface area contributed by atoms with Gasteiger partial charge in [-0.25, -0.2) is 4.79 Å². The van der Waals surface area contributed by atoms with Gasteiger partial charge in [-0.15, -0.1) is 0 Å². The van der Waals surface area contributed by atoms with E-state index in [-0.39, 0.29) is 0 Å². The van der Waals surface area contributed by atoms with Gasteiger partial charge < -0.3 is 9.67 Å². The van der Waals surface area contributed by atoms with Crippen LogP contribution in [0.2, 0.25) is 0 Å². The van der Waals surface area contributed by atoms with Crippen molar-refractivity contribution in [2.24, 2.45) is 7.05 Å². The molecule has 0 fully saturated rings. The van der Waals surface area contributed by atoms with Crippen molar-refractivity contribution in [3.05, 3.63) is 71.4 Å². The maximum atomic E-state index is 11.6. The first kappa shape index (κ1) is 13.4.